The maximum absolute atomic E-state index is 14.1. The second-order valence-electron chi connectivity index (χ2n) is 6.31. The number of hydrogen-bond donors (Lipinski definition) is 0. The van der Waals surface area contributed by atoms with E-state index in [1.807, 2.05) is 6.07 Å². The smallest absolute Gasteiger partial charge is 0.263 e. The molecule has 0 saturated heterocycles. The SMILES string of the molecule is Cc1cc(C(=O)N(Cc2cccnc2)c2nc3c(F)cc(F)cc3s2)c(C)o1. The molecule has 3 heterocycles. The molecule has 142 valence electrons. The van der Waals surface area contributed by atoms with E-state index >= 15 is 0 Å². The summed E-state index contributed by atoms with van der Waals surface area (Å²) in [6, 6.07) is 7.23. The van der Waals surface area contributed by atoms with Crippen molar-refractivity contribution < 1.29 is 18.0 Å². The number of fused-ring (bicyclic) bond motifs is 1. The van der Waals surface area contributed by atoms with Gasteiger partial charge < -0.3 is 4.42 Å². The number of furan rings is 1. The molecule has 0 radical (unpaired) electrons. The van der Waals surface area contributed by atoms with E-state index in [-0.39, 0.29) is 23.1 Å². The van der Waals surface area contributed by atoms with Crippen molar-refractivity contribution in [1.29, 1.82) is 0 Å². The summed E-state index contributed by atoms with van der Waals surface area (Å²) in [4.78, 5) is 23.0. The molecule has 0 atom stereocenters. The van der Waals surface area contributed by atoms with Gasteiger partial charge in [0.15, 0.2) is 10.9 Å². The van der Waals surface area contributed by atoms with Crippen molar-refractivity contribution in [3.63, 3.8) is 0 Å². The number of carbonyl (C=O) groups excluding carboxylic acids is 1. The first-order valence-electron chi connectivity index (χ1n) is 8.46. The Kier molecular flexibility index (Phi) is 4.64. The largest absolute Gasteiger partial charge is 0.466 e. The summed E-state index contributed by atoms with van der Waals surface area (Å²) in [5.74, 6) is -0.692. The lowest BCUT2D eigenvalue weighted by Crippen LogP contribution is -2.30. The quantitative estimate of drug-likeness (QED) is 0.483. The molecule has 28 heavy (non-hydrogen) atoms. The highest BCUT2D eigenvalue weighted by Gasteiger charge is 2.25. The molecule has 8 heteroatoms. The molecule has 0 bridgehead atoms. The van der Waals surface area contributed by atoms with Crippen LogP contribution in [0.5, 0.6) is 0 Å². The Morgan fingerprint density at radius 3 is 2.75 bits per heavy atom. The standard InChI is InChI=1S/C20H15F2N3O2S/c1-11-6-15(12(2)27-11)19(26)25(10-13-4-3-5-23-9-13)20-24-18-16(22)7-14(21)8-17(18)28-20/h3-9H,10H2,1-2H3. The van der Waals surface area contributed by atoms with Gasteiger partial charge in [-0.2, -0.15) is 0 Å². The number of carbonyl (C=O) groups is 1. The van der Waals surface area contributed by atoms with Crippen LogP contribution < -0.4 is 4.90 Å². The Bertz CT molecular complexity index is 1170. The highest BCUT2D eigenvalue weighted by atomic mass is 32.1. The van der Waals surface area contributed by atoms with E-state index < -0.39 is 11.6 Å². The summed E-state index contributed by atoms with van der Waals surface area (Å²) < 4.78 is 33.5. The molecular weight excluding hydrogens is 384 g/mol. The van der Waals surface area contributed by atoms with Crippen LogP contribution in [0.15, 0.2) is 47.1 Å². The lowest BCUT2D eigenvalue weighted by atomic mass is 10.2. The number of thiazole rings is 1. The summed E-state index contributed by atoms with van der Waals surface area (Å²) in [6.07, 6.45) is 3.27. The van der Waals surface area contributed by atoms with Gasteiger partial charge in [-0.15, -0.1) is 0 Å². The minimum atomic E-state index is -0.762. The lowest BCUT2D eigenvalue weighted by Gasteiger charge is -2.19. The lowest BCUT2D eigenvalue weighted by molar-refractivity contribution is 0.0983. The van der Waals surface area contributed by atoms with Gasteiger partial charge >= 0.3 is 0 Å². The van der Waals surface area contributed by atoms with Crippen LogP contribution in [0.1, 0.15) is 27.4 Å². The third-order valence-electron chi connectivity index (χ3n) is 4.21. The van der Waals surface area contributed by atoms with E-state index in [0.29, 0.717) is 21.8 Å². The number of rotatable bonds is 4. The number of anilines is 1. The van der Waals surface area contributed by atoms with Gasteiger partial charge in [0.1, 0.15) is 22.9 Å². The Morgan fingerprint density at radius 2 is 2.07 bits per heavy atom. The van der Waals surface area contributed by atoms with Gasteiger partial charge in [-0.1, -0.05) is 17.4 Å². The molecule has 4 rings (SSSR count). The fourth-order valence-corrected chi connectivity index (χ4v) is 3.95. The zero-order chi connectivity index (χ0) is 19.8. The molecule has 0 unspecified atom stereocenters. The number of benzene rings is 1. The molecular formula is C20H15F2N3O2S. The highest BCUT2D eigenvalue weighted by molar-refractivity contribution is 7.22. The second-order valence-corrected chi connectivity index (χ2v) is 7.32. The molecule has 0 aliphatic rings. The summed E-state index contributed by atoms with van der Waals surface area (Å²) >= 11 is 1.05. The first-order valence-corrected chi connectivity index (χ1v) is 9.27. The fourth-order valence-electron chi connectivity index (χ4n) is 2.95. The van der Waals surface area contributed by atoms with Gasteiger partial charge in [0, 0.05) is 18.5 Å². The average Bonchev–Trinajstić information content (AvgIpc) is 3.22. The van der Waals surface area contributed by atoms with Gasteiger partial charge in [0.2, 0.25) is 0 Å². The van der Waals surface area contributed by atoms with Crippen LogP contribution in [-0.4, -0.2) is 15.9 Å². The number of nitrogens with zero attached hydrogens (tertiary/aromatic N) is 3. The Hall–Kier alpha value is -3.13. The molecule has 1 amide bonds. The minimum Gasteiger partial charge on any atom is -0.466 e. The van der Waals surface area contributed by atoms with Crippen molar-refractivity contribution in [2.24, 2.45) is 0 Å². The third kappa shape index (κ3) is 3.38. The van der Waals surface area contributed by atoms with Crippen LogP contribution in [0.25, 0.3) is 10.2 Å². The maximum Gasteiger partial charge on any atom is 0.263 e. The Morgan fingerprint density at radius 1 is 1.25 bits per heavy atom. The first kappa shape index (κ1) is 18.2. The summed E-state index contributed by atoms with van der Waals surface area (Å²) in [6.45, 7) is 3.64. The molecule has 4 aromatic rings. The number of halogens is 2. The topological polar surface area (TPSA) is 59.2 Å². The number of aromatic nitrogens is 2. The van der Waals surface area contributed by atoms with Gasteiger partial charge in [0.05, 0.1) is 16.8 Å². The molecule has 0 N–H and O–H groups in total. The Labute approximate surface area is 163 Å². The third-order valence-corrected chi connectivity index (χ3v) is 5.24. The molecule has 5 nitrogen and oxygen atoms in total. The van der Waals surface area contributed by atoms with E-state index in [2.05, 4.69) is 9.97 Å². The predicted molar refractivity (Wildman–Crippen MR) is 102 cm³/mol. The van der Waals surface area contributed by atoms with Crippen LogP contribution in [0, 0.1) is 25.5 Å². The normalized spacial score (nSPS) is 11.1. The van der Waals surface area contributed by atoms with Gasteiger partial charge in [-0.05, 0) is 37.6 Å². The summed E-state index contributed by atoms with van der Waals surface area (Å²) in [5.41, 5.74) is 1.21. The number of aryl methyl sites for hydroxylation is 2. The van der Waals surface area contributed by atoms with E-state index in [1.54, 1.807) is 38.4 Å². The highest BCUT2D eigenvalue weighted by Crippen LogP contribution is 2.33. The summed E-state index contributed by atoms with van der Waals surface area (Å²) in [5, 5.41) is 0.270. The van der Waals surface area contributed by atoms with Gasteiger partial charge in [-0.3, -0.25) is 14.7 Å². The Balaban J connectivity index is 1.82. The number of hydrogen-bond acceptors (Lipinski definition) is 5. The van der Waals surface area contributed by atoms with Crippen LogP contribution in [0.4, 0.5) is 13.9 Å². The van der Waals surface area contributed by atoms with E-state index in [9.17, 15) is 13.6 Å². The first-order chi connectivity index (χ1) is 13.4. The van der Waals surface area contributed by atoms with Crippen molar-refractivity contribution in [3.8, 4) is 0 Å². The molecule has 3 aromatic heterocycles. The van der Waals surface area contributed by atoms with Crippen LogP contribution in [0.3, 0.4) is 0 Å². The molecule has 1 aromatic carbocycles. The fraction of sp³-hybridized carbons (Fsp3) is 0.150. The number of amides is 1. The second kappa shape index (κ2) is 7.12. The number of pyridine rings is 1. The van der Waals surface area contributed by atoms with Gasteiger partial charge in [-0.25, -0.2) is 13.8 Å². The average molecular weight is 399 g/mol. The van der Waals surface area contributed by atoms with Crippen LogP contribution in [-0.2, 0) is 6.54 Å². The van der Waals surface area contributed by atoms with Crippen molar-refractivity contribution >= 4 is 32.6 Å². The van der Waals surface area contributed by atoms with E-state index in [1.165, 1.54) is 11.0 Å². The van der Waals surface area contributed by atoms with Crippen molar-refractivity contribution in [1.82, 2.24) is 9.97 Å². The summed E-state index contributed by atoms with van der Waals surface area (Å²) in [7, 11) is 0. The van der Waals surface area contributed by atoms with Crippen molar-refractivity contribution in [2.45, 2.75) is 20.4 Å². The molecule has 0 aliphatic heterocycles. The van der Waals surface area contributed by atoms with Crippen molar-refractivity contribution in [3.05, 3.63) is 77.0 Å². The monoisotopic (exact) mass is 399 g/mol. The van der Waals surface area contributed by atoms with E-state index in [4.69, 9.17) is 4.42 Å². The molecule has 0 saturated carbocycles. The van der Waals surface area contributed by atoms with E-state index in [0.717, 1.165) is 23.0 Å². The van der Waals surface area contributed by atoms with Crippen LogP contribution in [0.2, 0.25) is 0 Å². The molecule has 0 spiro atoms. The van der Waals surface area contributed by atoms with Gasteiger partial charge in [0.25, 0.3) is 5.91 Å². The van der Waals surface area contributed by atoms with Crippen molar-refractivity contribution in [2.75, 3.05) is 4.90 Å². The molecule has 0 aliphatic carbocycles. The predicted octanol–water partition coefficient (Wildman–Crippen LogP) is 5.03. The van der Waals surface area contributed by atoms with Crippen LogP contribution >= 0.6 is 11.3 Å². The minimum absolute atomic E-state index is 0.0329. The maximum atomic E-state index is 14.1. The zero-order valence-corrected chi connectivity index (χ0v) is 15.9. The molecule has 0 fully saturated rings. The zero-order valence-electron chi connectivity index (χ0n) is 15.1.